The van der Waals surface area contributed by atoms with Crippen LogP contribution < -0.4 is 5.32 Å². The molecule has 0 spiro atoms. The Bertz CT molecular complexity index is 1070. The standard InChI is InChI=1S/C18H14ClN5OS2/c1-11-16(27-18(23-11)14-6-7-15(19)26-14)17(25)21-8-12-2-4-13(5-3-12)24-10-20-9-22-24/h2-7,9-10H,8H2,1H3,(H,21,25). The molecule has 3 heterocycles. The van der Waals surface area contributed by atoms with Crippen molar-refractivity contribution in [2.75, 3.05) is 0 Å². The number of thiophene rings is 1. The molecule has 6 nitrogen and oxygen atoms in total. The van der Waals surface area contributed by atoms with E-state index in [4.69, 9.17) is 11.6 Å². The average molecular weight is 416 g/mol. The zero-order chi connectivity index (χ0) is 18.8. The maximum absolute atomic E-state index is 12.6. The van der Waals surface area contributed by atoms with E-state index in [-0.39, 0.29) is 5.91 Å². The Balaban J connectivity index is 1.43. The van der Waals surface area contributed by atoms with Crippen LogP contribution >= 0.6 is 34.3 Å². The van der Waals surface area contributed by atoms with Gasteiger partial charge in [-0.1, -0.05) is 23.7 Å². The highest BCUT2D eigenvalue weighted by atomic mass is 35.5. The normalized spacial score (nSPS) is 10.9. The van der Waals surface area contributed by atoms with E-state index in [0.29, 0.717) is 15.8 Å². The summed E-state index contributed by atoms with van der Waals surface area (Å²) in [7, 11) is 0. The summed E-state index contributed by atoms with van der Waals surface area (Å²) in [4.78, 5) is 22.6. The Kier molecular flexibility index (Phi) is 5.02. The number of halogens is 1. The van der Waals surface area contributed by atoms with Crippen molar-refractivity contribution in [3.8, 4) is 15.6 Å². The van der Waals surface area contributed by atoms with Gasteiger partial charge in [0.25, 0.3) is 5.91 Å². The van der Waals surface area contributed by atoms with Gasteiger partial charge in [0.15, 0.2) is 0 Å². The van der Waals surface area contributed by atoms with Crippen molar-refractivity contribution in [1.82, 2.24) is 25.1 Å². The third kappa shape index (κ3) is 3.92. The van der Waals surface area contributed by atoms with Crippen molar-refractivity contribution >= 4 is 40.2 Å². The van der Waals surface area contributed by atoms with Gasteiger partial charge in [0.05, 0.1) is 20.6 Å². The number of aryl methyl sites for hydroxylation is 1. The molecule has 1 amide bonds. The molecule has 0 saturated heterocycles. The van der Waals surface area contributed by atoms with Crippen LogP contribution in [0.1, 0.15) is 20.9 Å². The minimum atomic E-state index is -0.126. The molecule has 4 rings (SSSR count). The molecule has 1 N–H and O–H groups in total. The van der Waals surface area contributed by atoms with Gasteiger partial charge in [-0.05, 0) is 36.8 Å². The van der Waals surface area contributed by atoms with Gasteiger partial charge in [-0.2, -0.15) is 5.10 Å². The number of hydrogen-bond donors (Lipinski definition) is 1. The molecular formula is C18H14ClN5OS2. The first-order chi connectivity index (χ1) is 13.1. The van der Waals surface area contributed by atoms with Crippen molar-refractivity contribution in [2.24, 2.45) is 0 Å². The van der Waals surface area contributed by atoms with Crippen LogP contribution in [-0.2, 0) is 6.54 Å². The van der Waals surface area contributed by atoms with Crippen LogP contribution in [0.25, 0.3) is 15.6 Å². The zero-order valence-electron chi connectivity index (χ0n) is 14.2. The summed E-state index contributed by atoms with van der Waals surface area (Å²) in [5.41, 5.74) is 2.64. The Labute approximate surface area is 168 Å². The van der Waals surface area contributed by atoms with E-state index in [0.717, 1.165) is 26.8 Å². The fraction of sp³-hybridized carbons (Fsp3) is 0.111. The molecule has 9 heteroatoms. The lowest BCUT2D eigenvalue weighted by molar-refractivity contribution is 0.0954. The highest BCUT2D eigenvalue weighted by molar-refractivity contribution is 7.24. The fourth-order valence-electron chi connectivity index (χ4n) is 2.51. The van der Waals surface area contributed by atoms with Crippen molar-refractivity contribution in [3.63, 3.8) is 0 Å². The predicted molar refractivity (Wildman–Crippen MR) is 108 cm³/mol. The van der Waals surface area contributed by atoms with Crippen LogP contribution in [0.5, 0.6) is 0 Å². The van der Waals surface area contributed by atoms with Crippen molar-refractivity contribution in [2.45, 2.75) is 13.5 Å². The van der Waals surface area contributed by atoms with E-state index in [1.165, 1.54) is 29.0 Å². The Hall–Kier alpha value is -2.55. The fourth-order valence-corrected chi connectivity index (χ4v) is 4.59. The second-order valence-electron chi connectivity index (χ2n) is 5.73. The molecule has 4 aromatic rings. The number of hydrogen-bond acceptors (Lipinski definition) is 6. The molecule has 0 aliphatic heterocycles. The van der Waals surface area contributed by atoms with Gasteiger partial charge in [0, 0.05) is 6.54 Å². The van der Waals surface area contributed by atoms with Crippen LogP contribution in [-0.4, -0.2) is 25.7 Å². The first kappa shape index (κ1) is 17.8. The van der Waals surface area contributed by atoms with Crippen molar-refractivity contribution < 1.29 is 4.79 Å². The molecule has 136 valence electrons. The second kappa shape index (κ2) is 7.59. The van der Waals surface area contributed by atoms with Gasteiger partial charge in [-0.15, -0.1) is 22.7 Å². The van der Waals surface area contributed by atoms with Crippen LogP contribution in [0.4, 0.5) is 0 Å². The summed E-state index contributed by atoms with van der Waals surface area (Å²) < 4.78 is 2.39. The van der Waals surface area contributed by atoms with Gasteiger partial charge in [-0.3, -0.25) is 4.79 Å². The maximum Gasteiger partial charge on any atom is 0.263 e. The molecule has 0 radical (unpaired) electrons. The first-order valence-electron chi connectivity index (χ1n) is 8.05. The van der Waals surface area contributed by atoms with E-state index in [1.807, 2.05) is 43.3 Å². The first-order valence-corrected chi connectivity index (χ1v) is 10.1. The summed E-state index contributed by atoms with van der Waals surface area (Å²) >= 11 is 8.82. The number of thiazole rings is 1. The SMILES string of the molecule is Cc1nc(-c2ccc(Cl)s2)sc1C(=O)NCc1ccc(-n2cncn2)cc1. The van der Waals surface area contributed by atoms with E-state index in [2.05, 4.69) is 20.4 Å². The number of carbonyl (C=O) groups excluding carboxylic acids is 1. The van der Waals surface area contributed by atoms with E-state index in [1.54, 1.807) is 11.0 Å². The second-order valence-corrected chi connectivity index (χ2v) is 8.44. The average Bonchev–Trinajstić information content (AvgIpc) is 3.41. The molecule has 0 unspecified atom stereocenters. The van der Waals surface area contributed by atoms with Gasteiger partial charge in [-0.25, -0.2) is 14.6 Å². The molecule has 0 aliphatic carbocycles. The molecular weight excluding hydrogens is 402 g/mol. The number of nitrogens with zero attached hydrogens (tertiary/aromatic N) is 4. The Morgan fingerprint density at radius 2 is 2.00 bits per heavy atom. The van der Waals surface area contributed by atoms with Crippen LogP contribution in [0.3, 0.4) is 0 Å². The summed E-state index contributed by atoms with van der Waals surface area (Å²) in [5, 5.41) is 7.86. The zero-order valence-corrected chi connectivity index (χ0v) is 16.6. The van der Waals surface area contributed by atoms with E-state index in [9.17, 15) is 4.79 Å². The number of nitrogens with one attached hydrogen (secondary N) is 1. The Morgan fingerprint density at radius 3 is 2.67 bits per heavy atom. The van der Waals surface area contributed by atoms with Crippen LogP contribution in [0.15, 0.2) is 49.1 Å². The van der Waals surface area contributed by atoms with E-state index >= 15 is 0 Å². The third-order valence-corrected chi connectivity index (χ3v) is 6.42. The molecule has 27 heavy (non-hydrogen) atoms. The molecule has 0 saturated carbocycles. The van der Waals surface area contributed by atoms with Gasteiger partial charge in [0.2, 0.25) is 0 Å². The highest BCUT2D eigenvalue weighted by Crippen LogP contribution is 2.34. The smallest absolute Gasteiger partial charge is 0.263 e. The monoisotopic (exact) mass is 415 g/mol. The van der Waals surface area contributed by atoms with Gasteiger partial charge < -0.3 is 5.32 Å². The minimum Gasteiger partial charge on any atom is -0.347 e. The lowest BCUT2D eigenvalue weighted by Gasteiger charge is -2.06. The van der Waals surface area contributed by atoms with E-state index < -0.39 is 0 Å². The molecule has 1 aromatic carbocycles. The topological polar surface area (TPSA) is 72.7 Å². The summed E-state index contributed by atoms with van der Waals surface area (Å²) in [6.45, 7) is 2.28. The third-order valence-electron chi connectivity index (χ3n) is 3.86. The summed E-state index contributed by atoms with van der Waals surface area (Å²) in [5.74, 6) is -0.126. The van der Waals surface area contributed by atoms with Crippen molar-refractivity contribution in [1.29, 1.82) is 0 Å². The largest absolute Gasteiger partial charge is 0.347 e. The minimum absolute atomic E-state index is 0.126. The predicted octanol–water partition coefficient (Wildman–Crippen LogP) is 4.34. The quantitative estimate of drug-likeness (QED) is 0.526. The molecule has 0 aliphatic rings. The molecule has 3 aromatic heterocycles. The number of rotatable bonds is 5. The van der Waals surface area contributed by atoms with Gasteiger partial charge in [0.1, 0.15) is 22.5 Å². The van der Waals surface area contributed by atoms with Crippen LogP contribution in [0.2, 0.25) is 4.34 Å². The molecule has 0 fully saturated rings. The number of carbonyl (C=O) groups is 1. The molecule has 0 bridgehead atoms. The van der Waals surface area contributed by atoms with Gasteiger partial charge >= 0.3 is 0 Å². The summed E-state index contributed by atoms with van der Waals surface area (Å²) in [6, 6.07) is 11.5. The number of amides is 1. The van der Waals surface area contributed by atoms with Crippen LogP contribution in [0, 0.1) is 6.92 Å². The Morgan fingerprint density at radius 1 is 1.19 bits per heavy atom. The summed E-state index contributed by atoms with van der Waals surface area (Å²) in [6.07, 6.45) is 3.13. The number of benzene rings is 1. The van der Waals surface area contributed by atoms with Crippen molar-refractivity contribution in [3.05, 3.63) is 69.5 Å². The lowest BCUT2D eigenvalue weighted by atomic mass is 10.2. The molecule has 0 atom stereocenters. The maximum atomic E-state index is 12.6. The highest BCUT2D eigenvalue weighted by Gasteiger charge is 2.17. The number of aromatic nitrogens is 4. The lowest BCUT2D eigenvalue weighted by Crippen LogP contribution is -2.22.